The normalized spacial score (nSPS) is 11.1. The van der Waals surface area contributed by atoms with Gasteiger partial charge in [0.15, 0.2) is 0 Å². The molecule has 0 unspecified atom stereocenters. The first kappa shape index (κ1) is 17.8. The van der Waals surface area contributed by atoms with Crippen LogP contribution < -0.4 is 16.2 Å². The number of rotatable bonds is 6. The topological polar surface area (TPSA) is 63.1 Å². The third-order valence-electron chi connectivity index (χ3n) is 3.92. The van der Waals surface area contributed by atoms with Gasteiger partial charge in [0, 0.05) is 24.3 Å². The first-order valence-electron chi connectivity index (χ1n) is 8.23. The molecular weight excluding hydrogens is 302 g/mol. The van der Waals surface area contributed by atoms with Crippen LogP contribution in [0, 0.1) is 0 Å². The molecule has 1 aromatic heterocycles. The zero-order chi connectivity index (χ0) is 17.6. The average Bonchev–Trinajstić information content (AvgIpc) is 2.55. The van der Waals surface area contributed by atoms with E-state index in [4.69, 9.17) is 0 Å². The quantitative estimate of drug-likeness (QED) is 0.854. The van der Waals surface area contributed by atoms with Crippen molar-refractivity contribution in [3.8, 4) is 0 Å². The Morgan fingerprint density at radius 2 is 1.83 bits per heavy atom. The highest BCUT2D eigenvalue weighted by atomic mass is 16.2. The molecule has 0 spiro atoms. The predicted octanol–water partition coefficient (Wildman–Crippen LogP) is 3.40. The van der Waals surface area contributed by atoms with Crippen molar-refractivity contribution >= 4 is 11.7 Å². The van der Waals surface area contributed by atoms with Crippen LogP contribution in [0.2, 0.25) is 0 Å². The lowest BCUT2D eigenvalue weighted by atomic mass is 9.95. The van der Waals surface area contributed by atoms with Gasteiger partial charge in [0.2, 0.25) is 0 Å². The summed E-state index contributed by atoms with van der Waals surface area (Å²) in [6.07, 6.45) is 3.38. The van der Waals surface area contributed by atoms with Gasteiger partial charge in [-0.25, -0.2) is 4.79 Å². The molecule has 0 saturated heterocycles. The highest BCUT2D eigenvalue weighted by Gasteiger charge is 2.20. The SMILES string of the molecule is CCn1cc(NC(=O)NC(C)(C)CCc2ccccc2)ccc1=O. The van der Waals surface area contributed by atoms with Crippen molar-refractivity contribution in [3.05, 3.63) is 64.6 Å². The Bertz CT molecular complexity index is 736. The van der Waals surface area contributed by atoms with Crippen molar-refractivity contribution in [1.29, 1.82) is 0 Å². The molecule has 0 aliphatic carbocycles. The van der Waals surface area contributed by atoms with Crippen LogP contribution in [-0.2, 0) is 13.0 Å². The number of hydrogen-bond donors (Lipinski definition) is 2. The number of carbonyl (C=O) groups excluding carboxylic acids is 1. The van der Waals surface area contributed by atoms with Crippen LogP contribution in [0.15, 0.2) is 53.5 Å². The van der Waals surface area contributed by atoms with Gasteiger partial charge in [-0.3, -0.25) is 4.79 Å². The highest BCUT2D eigenvalue weighted by molar-refractivity contribution is 5.89. The summed E-state index contributed by atoms with van der Waals surface area (Å²) in [5, 5.41) is 5.78. The van der Waals surface area contributed by atoms with E-state index < -0.39 is 0 Å². The molecule has 24 heavy (non-hydrogen) atoms. The van der Waals surface area contributed by atoms with Gasteiger partial charge < -0.3 is 15.2 Å². The van der Waals surface area contributed by atoms with Crippen LogP contribution in [0.5, 0.6) is 0 Å². The number of amides is 2. The first-order valence-corrected chi connectivity index (χ1v) is 8.23. The molecule has 1 aromatic carbocycles. The van der Waals surface area contributed by atoms with Gasteiger partial charge in [-0.05, 0) is 45.2 Å². The maximum absolute atomic E-state index is 12.2. The smallest absolute Gasteiger partial charge is 0.319 e. The van der Waals surface area contributed by atoms with Gasteiger partial charge in [0.1, 0.15) is 0 Å². The first-order chi connectivity index (χ1) is 11.4. The summed E-state index contributed by atoms with van der Waals surface area (Å²) in [6.45, 7) is 6.46. The summed E-state index contributed by atoms with van der Waals surface area (Å²) in [4.78, 5) is 23.8. The minimum absolute atomic E-state index is 0.0772. The fourth-order valence-electron chi connectivity index (χ4n) is 2.49. The Hall–Kier alpha value is -2.56. The van der Waals surface area contributed by atoms with Crippen LogP contribution >= 0.6 is 0 Å². The number of nitrogens with one attached hydrogen (secondary N) is 2. The molecular formula is C19H25N3O2. The van der Waals surface area contributed by atoms with E-state index in [1.165, 1.54) is 11.6 Å². The third-order valence-corrected chi connectivity index (χ3v) is 3.92. The molecule has 0 aliphatic heterocycles. The van der Waals surface area contributed by atoms with Crippen LogP contribution in [0.1, 0.15) is 32.8 Å². The number of pyridine rings is 1. The minimum Gasteiger partial charge on any atom is -0.333 e. The highest BCUT2D eigenvalue weighted by Crippen LogP contribution is 2.14. The largest absolute Gasteiger partial charge is 0.333 e. The van der Waals surface area contributed by atoms with Gasteiger partial charge in [-0.1, -0.05) is 30.3 Å². The Morgan fingerprint density at radius 3 is 2.50 bits per heavy atom. The van der Waals surface area contributed by atoms with Gasteiger partial charge in [0.05, 0.1) is 5.69 Å². The van der Waals surface area contributed by atoms with Gasteiger partial charge in [-0.2, -0.15) is 0 Å². The van der Waals surface area contributed by atoms with Crippen molar-refractivity contribution in [2.75, 3.05) is 5.32 Å². The van der Waals surface area contributed by atoms with E-state index in [1.54, 1.807) is 16.8 Å². The summed E-state index contributed by atoms with van der Waals surface area (Å²) in [6, 6.07) is 13.0. The van der Waals surface area contributed by atoms with Gasteiger partial charge >= 0.3 is 6.03 Å². The number of anilines is 1. The van der Waals surface area contributed by atoms with E-state index >= 15 is 0 Å². The maximum Gasteiger partial charge on any atom is 0.319 e. The molecule has 0 fully saturated rings. The summed E-state index contributed by atoms with van der Waals surface area (Å²) >= 11 is 0. The predicted molar refractivity (Wildman–Crippen MR) is 97.4 cm³/mol. The number of nitrogens with zero attached hydrogens (tertiary/aromatic N) is 1. The fraction of sp³-hybridized carbons (Fsp3) is 0.368. The molecule has 0 radical (unpaired) electrons. The Balaban J connectivity index is 1.91. The molecule has 2 rings (SSSR count). The van der Waals surface area contributed by atoms with Crippen LogP contribution in [0.4, 0.5) is 10.5 Å². The molecule has 1 heterocycles. The van der Waals surface area contributed by atoms with Crippen molar-refractivity contribution in [2.24, 2.45) is 0 Å². The Morgan fingerprint density at radius 1 is 1.12 bits per heavy atom. The summed E-state index contributed by atoms with van der Waals surface area (Å²) in [5.41, 5.74) is 1.45. The third kappa shape index (κ3) is 5.26. The zero-order valence-electron chi connectivity index (χ0n) is 14.5. The Kier molecular flexibility index (Phi) is 5.79. The van der Waals surface area contributed by atoms with E-state index in [9.17, 15) is 9.59 Å². The molecule has 2 amide bonds. The number of aromatic nitrogens is 1. The van der Waals surface area contributed by atoms with E-state index in [-0.39, 0.29) is 17.1 Å². The van der Waals surface area contributed by atoms with E-state index in [0.29, 0.717) is 12.2 Å². The van der Waals surface area contributed by atoms with Crippen molar-refractivity contribution < 1.29 is 4.79 Å². The monoisotopic (exact) mass is 327 g/mol. The second kappa shape index (κ2) is 7.81. The van der Waals surface area contributed by atoms with Crippen molar-refractivity contribution in [3.63, 3.8) is 0 Å². The van der Waals surface area contributed by atoms with E-state index in [1.807, 2.05) is 39.0 Å². The van der Waals surface area contributed by atoms with Crippen LogP contribution in [-0.4, -0.2) is 16.1 Å². The van der Waals surface area contributed by atoms with Crippen LogP contribution in [0.3, 0.4) is 0 Å². The molecule has 0 saturated carbocycles. The number of urea groups is 1. The summed E-state index contributed by atoms with van der Waals surface area (Å²) in [7, 11) is 0. The number of hydrogen-bond acceptors (Lipinski definition) is 2. The van der Waals surface area contributed by atoms with Gasteiger partial charge in [0.25, 0.3) is 5.56 Å². The second-order valence-corrected chi connectivity index (χ2v) is 6.49. The van der Waals surface area contributed by atoms with Crippen molar-refractivity contribution in [2.45, 2.75) is 45.7 Å². The molecule has 0 atom stereocenters. The molecule has 0 aliphatic rings. The number of benzene rings is 1. The lowest BCUT2D eigenvalue weighted by molar-refractivity contribution is 0.239. The molecule has 0 bridgehead atoms. The average molecular weight is 327 g/mol. The summed E-state index contributed by atoms with van der Waals surface area (Å²) < 4.78 is 1.55. The number of carbonyl (C=O) groups is 1. The number of aryl methyl sites for hydroxylation is 2. The van der Waals surface area contributed by atoms with E-state index in [2.05, 4.69) is 22.8 Å². The standard InChI is InChI=1S/C19H25N3O2/c1-4-22-14-16(10-11-17(22)23)20-18(24)21-19(2,3)13-12-15-8-6-5-7-9-15/h5-11,14H,4,12-13H2,1-3H3,(H2,20,21,24). The lowest BCUT2D eigenvalue weighted by Gasteiger charge is -2.26. The molecule has 128 valence electrons. The summed E-state index contributed by atoms with van der Waals surface area (Å²) in [5.74, 6) is 0. The maximum atomic E-state index is 12.2. The van der Waals surface area contributed by atoms with Crippen molar-refractivity contribution in [1.82, 2.24) is 9.88 Å². The minimum atomic E-state index is -0.334. The van der Waals surface area contributed by atoms with Gasteiger partial charge in [-0.15, -0.1) is 0 Å². The fourth-order valence-corrected chi connectivity index (χ4v) is 2.49. The zero-order valence-corrected chi connectivity index (χ0v) is 14.5. The molecule has 5 nitrogen and oxygen atoms in total. The Labute approximate surface area is 142 Å². The lowest BCUT2D eigenvalue weighted by Crippen LogP contribution is -2.45. The molecule has 2 N–H and O–H groups in total. The molecule has 5 heteroatoms. The molecule has 2 aromatic rings. The van der Waals surface area contributed by atoms with Crippen LogP contribution in [0.25, 0.3) is 0 Å². The van der Waals surface area contributed by atoms with E-state index in [0.717, 1.165) is 12.8 Å². The second-order valence-electron chi connectivity index (χ2n) is 6.49.